The van der Waals surface area contributed by atoms with E-state index >= 15 is 0 Å². The number of rotatable bonds is 2. The summed E-state index contributed by atoms with van der Waals surface area (Å²) in [6.45, 7) is 0. The second-order valence-electron chi connectivity index (χ2n) is 1.11. The lowest BCUT2D eigenvalue weighted by molar-refractivity contribution is 0.508. The van der Waals surface area contributed by atoms with E-state index in [-0.39, 0.29) is 5.19 Å². The molecule has 1 heterocycles. The van der Waals surface area contributed by atoms with Gasteiger partial charge in [-0.25, -0.2) is 4.98 Å². The van der Waals surface area contributed by atoms with Gasteiger partial charge in [0.05, 0.1) is 0 Å². The molecule has 0 spiro atoms. The van der Waals surface area contributed by atoms with E-state index in [2.05, 4.69) is 9.17 Å². The minimum absolute atomic E-state index is 0.158. The molecule has 0 unspecified atom stereocenters. The van der Waals surface area contributed by atoms with E-state index < -0.39 is 11.0 Å². The van der Waals surface area contributed by atoms with E-state index in [0.29, 0.717) is 0 Å². The minimum Gasteiger partial charge on any atom is -0.353 e. The third-order valence-corrected chi connectivity index (χ3v) is 1.66. The van der Waals surface area contributed by atoms with Crippen molar-refractivity contribution in [3.63, 3.8) is 0 Å². The summed E-state index contributed by atoms with van der Waals surface area (Å²) in [7, 11) is -2.80. The quantitative estimate of drug-likeness (QED) is 0.629. The van der Waals surface area contributed by atoms with Crippen LogP contribution in [0.1, 0.15) is 0 Å². The van der Waals surface area contributed by atoms with E-state index in [9.17, 15) is 8.42 Å². The fourth-order valence-corrected chi connectivity index (χ4v) is 1.21. The molecular weight excluding hydrogens is 162 g/mol. The Morgan fingerprint density at radius 2 is 2.44 bits per heavy atom. The molecule has 0 fully saturated rings. The normalized spacial score (nSPS) is 9.89. The largest absolute Gasteiger partial charge is 0.353 e. The van der Waals surface area contributed by atoms with Crippen LogP contribution in [0, 0.1) is 0 Å². The fraction of sp³-hybridized carbons (Fsp3) is 0. The van der Waals surface area contributed by atoms with Crippen LogP contribution in [-0.2, 0) is 11.0 Å². The molecule has 4 nitrogen and oxygen atoms in total. The highest BCUT2D eigenvalue weighted by Crippen LogP contribution is 2.12. The first-order valence-electron chi connectivity index (χ1n) is 2.01. The molecule has 0 aliphatic heterocycles. The van der Waals surface area contributed by atoms with Crippen LogP contribution >= 0.6 is 11.3 Å². The predicted octanol–water partition coefficient (Wildman–Crippen LogP) is 0.0483. The summed E-state index contributed by atoms with van der Waals surface area (Å²) in [5.74, 6) is 0. The molecule has 0 bridgehead atoms. The van der Waals surface area contributed by atoms with Crippen molar-refractivity contribution in [2.45, 2.75) is 0 Å². The smallest absolute Gasteiger partial charge is 0.301 e. The third kappa shape index (κ3) is 1.98. The van der Waals surface area contributed by atoms with Gasteiger partial charge in [-0.3, -0.25) is 0 Å². The van der Waals surface area contributed by atoms with E-state index in [1.165, 1.54) is 6.20 Å². The molecular formula is C3H3NO3S2. The van der Waals surface area contributed by atoms with Gasteiger partial charge in [-0.1, -0.05) is 11.3 Å². The molecule has 1 rings (SSSR count). The van der Waals surface area contributed by atoms with Gasteiger partial charge in [0.1, 0.15) is 0 Å². The molecule has 0 atom stereocenters. The van der Waals surface area contributed by atoms with Crippen LogP contribution < -0.4 is 4.18 Å². The average molecular weight is 165 g/mol. The number of nitrogens with zero attached hydrogens (tertiary/aromatic N) is 1. The van der Waals surface area contributed by atoms with Crippen LogP contribution in [-0.4, -0.2) is 13.4 Å². The zero-order valence-corrected chi connectivity index (χ0v) is 5.89. The van der Waals surface area contributed by atoms with Crippen molar-refractivity contribution in [1.29, 1.82) is 0 Å². The van der Waals surface area contributed by atoms with Crippen molar-refractivity contribution in [3.8, 4) is 5.19 Å². The Hall–Kier alpha value is -0.620. The maximum atomic E-state index is 9.85. The number of thiazole rings is 1. The van der Waals surface area contributed by atoms with Gasteiger partial charge in [-0.15, -0.1) is 0 Å². The highest BCUT2D eigenvalue weighted by Gasteiger charge is 1.93. The Labute approximate surface area is 57.3 Å². The second kappa shape index (κ2) is 2.79. The number of hydrogen-bond acceptors (Lipinski definition) is 5. The molecule has 0 aromatic carbocycles. The van der Waals surface area contributed by atoms with Crippen LogP contribution in [0.4, 0.5) is 0 Å². The zero-order valence-electron chi connectivity index (χ0n) is 4.18. The fourth-order valence-electron chi connectivity index (χ4n) is 0.319. The van der Waals surface area contributed by atoms with Gasteiger partial charge >= 0.3 is 11.0 Å². The summed E-state index contributed by atoms with van der Waals surface area (Å²) < 4.78 is 23.9. The average Bonchev–Trinajstić information content (AvgIpc) is 2.15. The first-order valence-corrected chi connectivity index (χ1v) is 3.98. The lowest BCUT2D eigenvalue weighted by Gasteiger charge is -1.84. The van der Waals surface area contributed by atoms with Crippen LogP contribution in [0.5, 0.6) is 5.19 Å². The molecule has 6 heteroatoms. The standard InChI is InChI=1S/C3H3NO3S2/c5-9(6)7-3-4-1-2-8-3/h1-2,9H. The second-order valence-corrected chi connectivity index (χ2v) is 2.60. The van der Waals surface area contributed by atoms with Gasteiger partial charge in [0.15, 0.2) is 0 Å². The summed E-state index contributed by atoms with van der Waals surface area (Å²) in [4.78, 5) is 3.57. The summed E-state index contributed by atoms with van der Waals surface area (Å²) in [6.07, 6.45) is 1.47. The molecule has 9 heavy (non-hydrogen) atoms. The summed E-state index contributed by atoms with van der Waals surface area (Å²) >= 11 is 1.13. The maximum absolute atomic E-state index is 9.85. The Morgan fingerprint density at radius 3 is 2.89 bits per heavy atom. The molecule has 0 aliphatic carbocycles. The van der Waals surface area contributed by atoms with Gasteiger partial charge < -0.3 is 4.18 Å². The molecule has 0 N–H and O–H groups in total. The van der Waals surface area contributed by atoms with Gasteiger partial charge in [-0.05, 0) is 0 Å². The zero-order chi connectivity index (χ0) is 6.69. The Morgan fingerprint density at radius 1 is 1.67 bits per heavy atom. The van der Waals surface area contributed by atoms with Crippen molar-refractivity contribution in [1.82, 2.24) is 4.98 Å². The molecule has 0 saturated carbocycles. The van der Waals surface area contributed by atoms with Gasteiger partial charge in [0.25, 0.3) is 5.19 Å². The number of aromatic nitrogens is 1. The first kappa shape index (κ1) is 6.50. The Bertz CT molecular complexity index is 232. The monoisotopic (exact) mass is 165 g/mol. The van der Waals surface area contributed by atoms with Gasteiger partial charge in [0, 0.05) is 11.6 Å². The Balaban J connectivity index is 2.68. The van der Waals surface area contributed by atoms with E-state index in [0.717, 1.165) is 11.3 Å². The lowest BCUT2D eigenvalue weighted by atomic mass is 11.0. The van der Waals surface area contributed by atoms with Crippen molar-refractivity contribution in [3.05, 3.63) is 11.6 Å². The van der Waals surface area contributed by atoms with Gasteiger partial charge in [0.2, 0.25) is 0 Å². The molecule has 0 saturated heterocycles. The summed E-state index contributed by atoms with van der Waals surface area (Å²) in [5.41, 5.74) is 0. The maximum Gasteiger partial charge on any atom is 0.301 e. The number of thiol groups is 1. The van der Waals surface area contributed by atoms with Crippen molar-refractivity contribution < 1.29 is 12.6 Å². The molecule has 50 valence electrons. The van der Waals surface area contributed by atoms with Crippen LogP contribution in [0.25, 0.3) is 0 Å². The summed E-state index contributed by atoms with van der Waals surface area (Å²) in [5, 5.41) is 1.79. The Kier molecular flexibility index (Phi) is 2.01. The summed E-state index contributed by atoms with van der Waals surface area (Å²) in [6, 6.07) is 0. The van der Waals surface area contributed by atoms with Crippen LogP contribution in [0.3, 0.4) is 0 Å². The van der Waals surface area contributed by atoms with E-state index in [4.69, 9.17) is 0 Å². The number of hydrogen-bond donors (Lipinski definition) is 1. The lowest BCUT2D eigenvalue weighted by Crippen LogP contribution is -1.87. The molecule has 0 amide bonds. The molecule has 0 radical (unpaired) electrons. The van der Waals surface area contributed by atoms with Crippen LogP contribution in [0.2, 0.25) is 0 Å². The highest BCUT2D eigenvalue weighted by molar-refractivity contribution is 7.67. The van der Waals surface area contributed by atoms with Crippen molar-refractivity contribution in [2.24, 2.45) is 0 Å². The SMILES string of the molecule is O=[SH](=O)Oc1nccs1. The van der Waals surface area contributed by atoms with Crippen molar-refractivity contribution >= 4 is 22.3 Å². The van der Waals surface area contributed by atoms with Gasteiger partial charge in [-0.2, -0.15) is 8.42 Å². The first-order chi connectivity index (χ1) is 4.29. The van der Waals surface area contributed by atoms with Crippen molar-refractivity contribution in [2.75, 3.05) is 0 Å². The highest BCUT2D eigenvalue weighted by atomic mass is 32.2. The predicted molar refractivity (Wildman–Crippen MR) is 33.1 cm³/mol. The minimum atomic E-state index is -2.80. The molecule has 1 aromatic heterocycles. The molecule has 0 aliphatic rings. The topological polar surface area (TPSA) is 56.3 Å². The third-order valence-electron chi connectivity index (χ3n) is 0.562. The van der Waals surface area contributed by atoms with Crippen LogP contribution in [0.15, 0.2) is 11.6 Å². The van der Waals surface area contributed by atoms with E-state index in [1.54, 1.807) is 5.38 Å². The van der Waals surface area contributed by atoms with E-state index in [1.807, 2.05) is 0 Å². The molecule has 1 aromatic rings.